The van der Waals surface area contributed by atoms with E-state index in [9.17, 15) is 0 Å². The lowest BCUT2D eigenvalue weighted by atomic mass is 10.7. The third-order valence-electron chi connectivity index (χ3n) is 1.27. The lowest BCUT2D eigenvalue weighted by Crippen LogP contribution is -2.10. The average molecular weight is 206 g/mol. The zero-order chi connectivity index (χ0) is 8.65. The van der Waals surface area contributed by atoms with Crippen molar-refractivity contribution in [3.8, 4) is 0 Å². The zero-order valence-electron chi connectivity index (χ0n) is 6.99. The Morgan fingerprint density at radius 2 is 2.50 bits per heavy atom. The van der Waals surface area contributed by atoms with Crippen LogP contribution in [0.15, 0.2) is 4.99 Å². The van der Waals surface area contributed by atoms with Gasteiger partial charge in [-0.3, -0.25) is 4.99 Å². The van der Waals surface area contributed by atoms with Crippen molar-refractivity contribution < 1.29 is 4.74 Å². The zero-order valence-corrected chi connectivity index (χ0v) is 8.62. The van der Waals surface area contributed by atoms with Crippen LogP contribution in [0.4, 0.5) is 0 Å². The predicted octanol–water partition coefficient (Wildman–Crippen LogP) is 0.798. The first-order chi connectivity index (χ1) is 5.93. The molecule has 0 bridgehead atoms. The lowest BCUT2D eigenvalue weighted by Gasteiger charge is -2.01. The highest BCUT2D eigenvalue weighted by molar-refractivity contribution is 8.39. The second-order valence-electron chi connectivity index (χ2n) is 2.25. The normalized spacial score (nSPS) is 16.6. The Labute approximate surface area is 81.5 Å². The van der Waals surface area contributed by atoms with Crippen molar-refractivity contribution in [2.45, 2.75) is 0 Å². The molecule has 1 aliphatic rings. The van der Waals surface area contributed by atoms with Crippen LogP contribution in [0.3, 0.4) is 0 Å². The van der Waals surface area contributed by atoms with Gasteiger partial charge in [0.2, 0.25) is 0 Å². The highest BCUT2D eigenvalue weighted by atomic mass is 32.2. The smallest absolute Gasteiger partial charge is 0.124 e. The molecule has 0 amide bonds. The van der Waals surface area contributed by atoms with E-state index < -0.39 is 0 Å². The summed E-state index contributed by atoms with van der Waals surface area (Å²) in [5, 5.41) is 0. The van der Waals surface area contributed by atoms with Crippen LogP contribution >= 0.6 is 23.5 Å². The van der Waals surface area contributed by atoms with Gasteiger partial charge in [0.25, 0.3) is 0 Å². The second-order valence-corrected chi connectivity index (χ2v) is 4.67. The van der Waals surface area contributed by atoms with Crippen LogP contribution < -0.4 is 5.73 Å². The molecule has 0 aromatic carbocycles. The van der Waals surface area contributed by atoms with Gasteiger partial charge < -0.3 is 10.5 Å². The molecule has 0 spiro atoms. The molecular weight excluding hydrogens is 192 g/mol. The van der Waals surface area contributed by atoms with Gasteiger partial charge in [0.05, 0.1) is 19.8 Å². The summed E-state index contributed by atoms with van der Waals surface area (Å²) < 4.78 is 6.45. The highest BCUT2D eigenvalue weighted by Crippen LogP contribution is 2.21. The summed E-state index contributed by atoms with van der Waals surface area (Å²) in [5.74, 6) is 2.14. The van der Waals surface area contributed by atoms with E-state index >= 15 is 0 Å². The molecule has 1 heterocycles. The molecule has 2 N–H and O–H groups in total. The minimum atomic E-state index is 0.611. The molecule has 1 aliphatic heterocycles. The Bertz CT molecular complexity index is 152. The van der Waals surface area contributed by atoms with Gasteiger partial charge in [0, 0.05) is 18.1 Å². The Morgan fingerprint density at radius 3 is 3.17 bits per heavy atom. The molecule has 0 radical (unpaired) electrons. The monoisotopic (exact) mass is 206 g/mol. The van der Waals surface area contributed by atoms with Gasteiger partial charge >= 0.3 is 0 Å². The minimum absolute atomic E-state index is 0.611. The SMILES string of the molecule is NCCOCCSC1=NCCS1. The standard InChI is InChI=1S/C7H14N2OS2/c8-1-3-10-4-6-12-7-9-2-5-11-7/h1-6,8H2. The summed E-state index contributed by atoms with van der Waals surface area (Å²) in [6.07, 6.45) is 0. The maximum atomic E-state index is 5.27. The summed E-state index contributed by atoms with van der Waals surface area (Å²) in [6, 6.07) is 0. The topological polar surface area (TPSA) is 47.6 Å². The van der Waals surface area contributed by atoms with Crippen LogP contribution in [0.1, 0.15) is 0 Å². The van der Waals surface area contributed by atoms with Crippen LogP contribution in [0, 0.1) is 0 Å². The highest BCUT2D eigenvalue weighted by Gasteiger charge is 2.06. The van der Waals surface area contributed by atoms with Crippen molar-refractivity contribution >= 4 is 27.9 Å². The van der Waals surface area contributed by atoms with E-state index in [1.165, 1.54) is 4.38 Å². The number of nitrogens with zero attached hydrogens (tertiary/aromatic N) is 1. The van der Waals surface area contributed by atoms with Crippen molar-refractivity contribution in [2.24, 2.45) is 10.7 Å². The number of aliphatic imine (C=N–C) groups is 1. The van der Waals surface area contributed by atoms with Gasteiger partial charge in [-0.25, -0.2) is 0 Å². The fourth-order valence-electron chi connectivity index (χ4n) is 0.776. The fourth-order valence-corrected chi connectivity index (χ4v) is 2.71. The van der Waals surface area contributed by atoms with Crippen LogP contribution in [0.25, 0.3) is 0 Å². The van der Waals surface area contributed by atoms with E-state index in [1.54, 1.807) is 11.8 Å². The number of hydrogen-bond donors (Lipinski definition) is 1. The van der Waals surface area contributed by atoms with Crippen molar-refractivity contribution in [1.29, 1.82) is 0 Å². The molecule has 0 fully saturated rings. The third kappa shape index (κ3) is 4.35. The molecule has 0 atom stereocenters. The number of ether oxygens (including phenoxy) is 1. The average Bonchev–Trinajstić information content (AvgIpc) is 2.57. The van der Waals surface area contributed by atoms with Crippen molar-refractivity contribution in [3.05, 3.63) is 0 Å². The van der Waals surface area contributed by atoms with Crippen molar-refractivity contribution in [2.75, 3.05) is 37.8 Å². The summed E-state index contributed by atoms with van der Waals surface area (Å²) in [5.41, 5.74) is 5.27. The molecule has 0 aromatic heterocycles. The molecule has 12 heavy (non-hydrogen) atoms. The maximum absolute atomic E-state index is 5.27. The van der Waals surface area contributed by atoms with Crippen LogP contribution in [0.2, 0.25) is 0 Å². The van der Waals surface area contributed by atoms with E-state index in [0.717, 1.165) is 24.7 Å². The summed E-state index contributed by atoms with van der Waals surface area (Å²) in [6.45, 7) is 3.04. The first kappa shape index (κ1) is 10.4. The van der Waals surface area contributed by atoms with Crippen LogP contribution in [-0.2, 0) is 4.74 Å². The van der Waals surface area contributed by atoms with Crippen molar-refractivity contribution in [1.82, 2.24) is 0 Å². The molecule has 0 saturated carbocycles. The Morgan fingerprint density at radius 1 is 1.58 bits per heavy atom. The van der Waals surface area contributed by atoms with Gasteiger partial charge in [0.15, 0.2) is 0 Å². The maximum Gasteiger partial charge on any atom is 0.124 e. The van der Waals surface area contributed by atoms with Gasteiger partial charge in [-0.05, 0) is 0 Å². The molecular formula is C7H14N2OS2. The summed E-state index contributed by atoms with van der Waals surface area (Å²) in [4.78, 5) is 4.32. The Kier molecular flexibility index (Phi) is 5.85. The second kappa shape index (κ2) is 6.77. The molecule has 0 unspecified atom stereocenters. The fraction of sp³-hybridized carbons (Fsp3) is 0.857. The molecule has 0 saturated heterocycles. The number of thioether (sulfide) groups is 2. The molecule has 70 valence electrons. The van der Waals surface area contributed by atoms with Gasteiger partial charge in [0.1, 0.15) is 4.38 Å². The van der Waals surface area contributed by atoms with Gasteiger partial charge in [-0.15, -0.1) is 0 Å². The first-order valence-electron chi connectivity index (χ1n) is 4.01. The molecule has 1 rings (SSSR count). The van der Waals surface area contributed by atoms with Crippen molar-refractivity contribution in [3.63, 3.8) is 0 Å². The minimum Gasteiger partial charge on any atom is -0.379 e. The molecule has 0 aromatic rings. The number of nitrogens with two attached hydrogens (primary N) is 1. The van der Waals surface area contributed by atoms with Crippen LogP contribution in [0.5, 0.6) is 0 Å². The van der Waals surface area contributed by atoms with E-state index in [2.05, 4.69) is 4.99 Å². The predicted molar refractivity (Wildman–Crippen MR) is 57.1 cm³/mol. The summed E-state index contributed by atoms with van der Waals surface area (Å²) >= 11 is 3.62. The van der Waals surface area contributed by atoms with Gasteiger partial charge in [-0.2, -0.15) is 0 Å². The molecule has 0 aliphatic carbocycles. The Hall–Kier alpha value is 0.290. The quantitative estimate of drug-likeness (QED) is 0.676. The summed E-state index contributed by atoms with van der Waals surface area (Å²) in [7, 11) is 0. The first-order valence-corrected chi connectivity index (χ1v) is 5.98. The lowest BCUT2D eigenvalue weighted by molar-refractivity contribution is 0.158. The Balaban J connectivity index is 1.88. The van der Waals surface area contributed by atoms with E-state index in [0.29, 0.717) is 13.2 Å². The molecule has 3 nitrogen and oxygen atoms in total. The van der Waals surface area contributed by atoms with E-state index in [4.69, 9.17) is 10.5 Å². The van der Waals surface area contributed by atoms with Crippen LogP contribution in [-0.4, -0.2) is 42.2 Å². The number of hydrogen-bond acceptors (Lipinski definition) is 5. The molecule has 5 heteroatoms. The largest absolute Gasteiger partial charge is 0.379 e. The van der Waals surface area contributed by atoms with E-state index in [1.807, 2.05) is 11.8 Å². The van der Waals surface area contributed by atoms with Gasteiger partial charge in [-0.1, -0.05) is 23.5 Å². The number of rotatable bonds is 5. The third-order valence-corrected chi connectivity index (χ3v) is 3.49. The van der Waals surface area contributed by atoms with E-state index in [-0.39, 0.29) is 0 Å².